The molecule has 2 fully saturated rings. The fourth-order valence-electron chi connectivity index (χ4n) is 2.90. The molecule has 0 radical (unpaired) electrons. The summed E-state index contributed by atoms with van der Waals surface area (Å²) in [6.45, 7) is 3.11. The largest absolute Gasteiger partial charge is 0.381 e. The predicted octanol–water partition coefficient (Wildman–Crippen LogP) is 2.25. The van der Waals surface area contributed by atoms with Gasteiger partial charge in [-0.05, 0) is 24.1 Å². The molecule has 1 aromatic rings. The van der Waals surface area contributed by atoms with Gasteiger partial charge in [0.05, 0.1) is 6.54 Å². The quantitative estimate of drug-likeness (QED) is 0.853. The zero-order chi connectivity index (χ0) is 15.0. The average Bonchev–Trinajstić information content (AvgIpc) is 2.67. The smallest absolute Gasteiger partial charge is 0.325 e. The van der Waals surface area contributed by atoms with Crippen LogP contribution in [0.4, 0.5) is 4.79 Å². The highest BCUT2D eigenvalue weighted by atomic mass is 35.5. The van der Waals surface area contributed by atoms with Gasteiger partial charge in [0.1, 0.15) is 5.54 Å². The molecule has 2 aliphatic rings. The van der Waals surface area contributed by atoms with E-state index in [4.69, 9.17) is 16.3 Å². The molecule has 0 bridgehead atoms. The Hall–Kier alpha value is -1.59. The van der Waals surface area contributed by atoms with Crippen LogP contribution in [0.1, 0.15) is 24.0 Å². The molecule has 1 N–H and O–H groups in total. The lowest BCUT2D eigenvalue weighted by Gasteiger charge is -2.30. The van der Waals surface area contributed by atoms with E-state index in [-0.39, 0.29) is 18.5 Å². The van der Waals surface area contributed by atoms with Crippen LogP contribution < -0.4 is 5.32 Å². The lowest BCUT2D eigenvalue weighted by molar-refractivity contribution is -0.134. The van der Waals surface area contributed by atoms with E-state index in [2.05, 4.69) is 5.32 Å². The van der Waals surface area contributed by atoms with E-state index in [0.717, 1.165) is 11.1 Å². The number of nitrogens with zero attached hydrogens (tertiary/aromatic N) is 1. The molecular formula is C15H17ClN2O3. The number of nitrogens with one attached hydrogen (secondary N) is 1. The van der Waals surface area contributed by atoms with Gasteiger partial charge in [-0.2, -0.15) is 0 Å². The summed E-state index contributed by atoms with van der Waals surface area (Å²) in [6.07, 6.45) is 1.05. The topological polar surface area (TPSA) is 58.6 Å². The molecule has 0 unspecified atom stereocenters. The van der Waals surface area contributed by atoms with Crippen molar-refractivity contribution in [2.45, 2.75) is 31.8 Å². The number of benzene rings is 1. The summed E-state index contributed by atoms with van der Waals surface area (Å²) in [5, 5.41) is 3.42. The van der Waals surface area contributed by atoms with Crippen molar-refractivity contribution < 1.29 is 14.3 Å². The minimum absolute atomic E-state index is 0.171. The van der Waals surface area contributed by atoms with Crippen LogP contribution in [-0.4, -0.2) is 35.6 Å². The molecule has 1 spiro atoms. The van der Waals surface area contributed by atoms with Gasteiger partial charge < -0.3 is 10.1 Å². The van der Waals surface area contributed by atoms with Crippen molar-refractivity contribution in [3.8, 4) is 0 Å². The second kappa shape index (κ2) is 5.31. The lowest BCUT2D eigenvalue weighted by atomic mass is 9.90. The molecule has 0 aliphatic carbocycles. The molecule has 6 heteroatoms. The minimum Gasteiger partial charge on any atom is -0.381 e. The highest BCUT2D eigenvalue weighted by Crippen LogP contribution is 2.31. The molecule has 5 nitrogen and oxygen atoms in total. The Morgan fingerprint density at radius 3 is 2.71 bits per heavy atom. The number of rotatable bonds is 2. The molecule has 0 saturated carbocycles. The highest BCUT2D eigenvalue weighted by molar-refractivity contribution is 6.31. The first-order valence-electron chi connectivity index (χ1n) is 6.99. The SMILES string of the molecule is Cc1cccc(Cl)c1CN1C(=O)NC2(CCOCC2)C1=O. The molecule has 0 aromatic heterocycles. The molecule has 112 valence electrons. The van der Waals surface area contributed by atoms with Gasteiger partial charge in [0.25, 0.3) is 5.91 Å². The van der Waals surface area contributed by atoms with Crippen molar-refractivity contribution in [3.63, 3.8) is 0 Å². The van der Waals surface area contributed by atoms with E-state index in [1.165, 1.54) is 4.90 Å². The number of aryl methyl sites for hydroxylation is 1. The number of ether oxygens (including phenoxy) is 1. The van der Waals surface area contributed by atoms with Crippen LogP contribution >= 0.6 is 11.6 Å². The summed E-state index contributed by atoms with van der Waals surface area (Å²) in [5.41, 5.74) is 0.993. The summed E-state index contributed by atoms with van der Waals surface area (Å²) in [4.78, 5) is 26.1. The molecular weight excluding hydrogens is 292 g/mol. The van der Waals surface area contributed by atoms with Gasteiger partial charge in [-0.1, -0.05) is 23.7 Å². The standard InChI is InChI=1S/C15H17ClN2O3/c1-10-3-2-4-12(16)11(10)9-18-13(19)15(17-14(18)20)5-7-21-8-6-15/h2-4H,5-9H2,1H3,(H,17,20). The number of hydrogen-bond acceptors (Lipinski definition) is 3. The number of halogens is 1. The number of hydrogen-bond donors (Lipinski definition) is 1. The van der Waals surface area contributed by atoms with Gasteiger partial charge in [0.2, 0.25) is 0 Å². The Labute approximate surface area is 128 Å². The van der Waals surface area contributed by atoms with Crippen LogP contribution in [0.25, 0.3) is 0 Å². The van der Waals surface area contributed by atoms with E-state index in [1.54, 1.807) is 6.07 Å². The van der Waals surface area contributed by atoms with Gasteiger partial charge in [-0.3, -0.25) is 9.69 Å². The van der Waals surface area contributed by atoms with Gasteiger partial charge in [0, 0.05) is 31.1 Å². The lowest BCUT2D eigenvalue weighted by Crippen LogP contribution is -2.51. The Kier molecular flexibility index (Phi) is 3.63. The fourth-order valence-corrected chi connectivity index (χ4v) is 3.18. The van der Waals surface area contributed by atoms with Crippen molar-refractivity contribution in [3.05, 3.63) is 34.3 Å². The summed E-state index contributed by atoms with van der Waals surface area (Å²) < 4.78 is 5.29. The van der Waals surface area contributed by atoms with Crippen molar-refractivity contribution in [2.75, 3.05) is 13.2 Å². The Bertz CT molecular complexity index is 576. The van der Waals surface area contributed by atoms with Gasteiger partial charge in [-0.25, -0.2) is 4.79 Å². The number of urea groups is 1. The number of amides is 3. The second-order valence-electron chi connectivity index (χ2n) is 5.55. The maximum Gasteiger partial charge on any atom is 0.325 e. The maximum atomic E-state index is 12.7. The van der Waals surface area contributed by atoms with Crippen molar-refractivity contribution >= 4 is 23.5 Å². The van der Waals surface area contributed by atoms with Crippen molar-refractivity contribution in [1.29, 1.82) is 0 Å². The van der Waals surface area contributed by atoms with Crippen LogP contribution in [0.2, 0.25) is 5.02 Å². The molecule has 2 heterocycles. The Morgan fingerprint density at radius 2 is 2.05 bits per heavy atom. The monoisotopic (exact) mass is 308 g/mol. The first kappa shape index (κ1) is 14.4. The van der Waals surface area contributed by atoms with E-state index in [9.17, 15) is 9.59 Å². The number of carbonyl (C=O) groups excluding carboxylic acids is 2. The van der Waals surface area contributed by atoms with Gasteiger partial charge in [0.15, 0.2) is 0 Å². The zero-order valence-corrected chi connectivity index (χ0v) is 12.6. The van der Waals surface area contributed by atoms with E-state index < -0.39 is 5.54 Å². The second-order valence-corrected chi connectivity index (χ2v) is 5.96. The van der Waals surface area contributed by atoms with Gasteiger partial charge in [-0.15, -0.1) is 0 Å². The summed E-state index contributed by atoms with van der Waals surface area (Å²) in [7, 11) is 0. The highest BCUT2D eigenvalue weighted by Gasteiger charge is 2.51. The summed E-state index contributed by atoms with van der Waals surface area (Å²) in [6, 6.07) is 5.20. The first-order chi connectivity index (χ1) is 10.0. The van der Waals surface area contributed by atoms with Crippen LogP contribution in [0.15, 0.2) is 18.2 Å². The van der Waals surface area contributed by atoms with Crippen molar-refractivity contribution in [2.24, 2.45) is 0 Å². The van der Waals surface area contributed by atoms with Crippen LogP contribution in [0.3, 0.4) is 0 Å². The van der Waals surface area contributed by atoms with Gasteiger partial charge >= 0.3 is 6.03 Å². The molecule has 3 amide bonds. The predicted molar refractivity (Wildman–Crippen MR) is 78.1 cm³/mol. The third-order valence-corrected chi connectivity index (χ3v) is 4.62. The summed E-state index contributed by atoms with van der Waals surface area (Å²) >= 11 is 6.19. The van der Waals surface area contributed by atoms with Crippen molar-refractivity contribution in [1.82, 2.24) is 10.2 Å². The molecule has 0 atom stereocenters. The number of carbonyl (C=O) groups is 2. The average molecular weight is 309 g/mol. The third-order valence-electron chi connectivity index (χ3n) is 4.26. The molecule has 1 aromatic carbocycles. The zero-order valence-electron chi connectivity index (χ0n) is 11.8. The molecule has 2 saturated heterocycles. The summed E-state index contributed by atoms with van der Waals surface area (Å²) in [5.74, 6) is -0.171. The van der Waals surface area contributed by atoms with E-state index >= 15 is 0 Å². The normalized spacial score (nSPS) is 21.0. The molecule has 21 heavy (non-hydrogen) atoms. The first-order valence-corrected chi connectivity index (χ1v) is 7.37. The molecule has 3 rings (SSSR count). The van der Waals surface area contributed by atoms with Crippen LogP contribution in [0, 0.1) is 6.92 Å². The van der Waals surface area contributed by atoms with Crippen LogP contribution in [-0.2, 0) is 16.1 Å². The Morgan fingerprint density at radius 1 is 1.33 bits per heavy atom. The fraction of sp³-hybridized carbons (Fsp3) is 0.467. The maximum absolute atomic E-state index is 12.7. The molecule has 2 aliphatic heterocycles. The van der Waals surface area contributed by atoms with E-state index in [0.29, 0.717) is 31.1 Å². The minimum atomic E-state index is -0.787. The Balaban J connectivity index is 1.86. The third kappa shape index (κ3) is 2.40. The number of imide groups is 1. The van der Waals surface area contributed by atoms with Crippen LogP contribution in [0.5, 0.6) is 0 Å². The van der Waals surface area contributed by atoms with E-state index in [1.807, 2.05) is 19.1 Å².